The number of furan rings is 1. The van der Waals surface area contributed by atoms with E-state index in [1.165, 1.54) is 0 Å². The van der Waals surface area contributed by atoms with Crippen LogP contribution in [0.2, 0.25) is 0 Å². The van der Waals surface area contributed by atoms with Crippen LogP contribution in [0.4, 0.5) is 0 Å². The van der Waals surface area contributed by atoms with Crippen LogP contribution in [0.15, 0.2) is 15.4 Å². The highest BCUT2D eigenvalue weighted by Crippen LogP contribution is 2.35. The Morgan fingerprint density at radius 1 is 1.19 bits per heavy atom. The number of carbonyl (C=O) groups excluding carboxylic acids is 1. The van der Waals surface area contributed by atoms with Crippen LogP contribution in [0.25, 0.3) is 11.0 Å². The summed E-state index contributed by atoms with van der Waals surface area (Å²) in [5, 5.41) is 0.654. The van der Waals surface area contributed by atoms with Gasteiger partial charge in [0.15, 0.2) is 11.3 Å². The number of fused-ring (bicyclic) bond motifs is 1. The van der Waals surface area contributed by atoms with Crippen molar-refractivity contribution in [3.05, 3.63) is 28.5 Å². The van der Waals surface area contributed by atoms with Crippen LogP contribution >= 0.6 is 0 Å². The van der Waals surface area contributed by atoms with Crippen molar-refractivity contribution in [3.8, 4) is 0 Å². The lowest BCUT2D eigenvalue weighted by Crippen LogP contribution is -2.40. The molecule has 0 saturated carbocycles. The number of carbonyl (C=O) groups is 1. The highest BCUT2D eigenvalue weighted by Gasteiger charge is 2.29. The van der Waals surface area contributed by atoms with E-state index in [-0.39, 0.29) is 28.7 Å². The summed E-state index contributed by atoms with van der Waals surface area (Å²) in [7, 11) is -3.73. The number of hydrogen-bond acceptors (Lipinski definition) is 5. The number of morpholine rings is 1. The van der Waals surface area contributed by atoms with Gasteiger partial charge >= 0.3 is 0 Å². The smallest absolute Gasteiger partial charge is 0.290 e. The Hall–Kier alpha value is -1.90. The van der Waals surface area contributed by atoms with E-state index in [4.69, 9.17) is 9.15 Å². The van der Waals surface area contributed by atoms with Crippen molar-refractivity contribution >= 4 is 26.9 Å². The topological polar surface area (TPSA) is 88.9 Å². The predicted octanol–water partition coefficient (Wildman–Crippen LogP) is 2.13. The minimum absolute atomic E-state index is 0.110. The van der Waals surface area contributed by atoms with E-state index >= 15 is 0 Å². The first kappa shape index (κ1) is 18.9. The van der Waals surface area contributed by atoms with E-state index in [1.54, 1.807) is 25.7 Å². The fourth-order valence-electron chi connectivity index (χ4n) is 3.24. The molecule has 0 unspecified atom stereocenters. The fraction of sp³-hybridized carbons (Fsp3) is 0.500. The number of ether oxygens (including phenoxy) is 1. The number of rotatable bonds is 4. The van der Waals surface area contributed by atoms with E-state index in [2.05, 4.69) is 4.72 Å². The molecule has 1 aliphatic rings. The van der Waals surface area contributed by atoms with E-state index in [9.17, 15) is 13.2 Å². The van der Waals surface area contributed by atoms with Crippen molar-refractivity contribution in [1.82, 2.24) is 9.62 Å². The molecule has 3 rings (SSSR count). The zero-order valence-corrected chi connectivity index (χ0v) is 16.3. The molecular formula is C18H24N2O5S. The van der Waals surface area contributed by atoms with Gasteiger partial charge in [0, 0.05) is 30.6 Å². The van der Waals surface area contributed by atoms with Gasteiger partial charge in [0.25, 0.3) is 5.91 Å². The summed E-state index contributed by atoms with van der Waals surface area (Å²) in [6.45, 7) is 9.36. The molecule has 2 heterocycles. The number of nitrogens with one attached hydrogen (secondary N) is 1. The summed E-state index contributed by atoms with van der Waals surface area (Å²) in [5.74, 6) is -0.0380. The van der Waals surface area contributed by atoms with Crippen molar-refractivity contribution in [2.45, 2.75) is 32.6 Å². The van der Waals surface area contributed by atoms with Crippen LogP contribution in [-0.4, -0.2) is 52.1 Å². The van der Waals surface area contributed by atoms with Crippen LogP contribution in [-0.2, 0) is 14.8 Å². The Labute approximate surface area is 153 Å². The van der Waals surface area contributed by atoms with Crippen molar-refractivity contribution in [3.63, 3.8) is 0 Å². The molecule has 1 aromatic heterocycles. The Bertz CT molecular complexity index is 956. The monoisotopic (exact) mass is 380 g/mol. The van der Waals surface area contributed by atoms with Crippen LogP contribution < -0.4 is 4.72 Å². The van der Waals surface area contributed by atoms with Gasteiger partial charge in [0.1, 0.15) is 4.90 Å². The summed E-state index contributed by atoms with van der Waals surface area (Å²) in [4.78, 5) is 14.6. The number of aryl methyl sites for hydroxylation is 2. The van der Waals surface area contributed by atoms with E-state index in [0.29, 0.717) is 42.8 Å². The fourth-order valence-corrected chi connectivity index (χ4v) is 4.73. The van der Waals surface area contributed by atoms with Crippen LogP contribution in [0.3, 0.4) is 0 Å². The zero-order chi connectivity index (χ0) is 19.1. The summed E-state index contributed by atoms with van der Waals surface area (Å²) in [6.07, 6.45) is 0. The normalized spacial score (nSPS) is 15.6. The molecule has 142 valence electrons. The molecular weight excluding hydrogens is 356 g/mol. The van der Waals surface area contributed by atoms with Gasteiger partial charge in [-0.3, -0.25) is 4.79 Å². The molecule has 0 aliphatic carbocycles. The van der Waals surface area contributed by atoms with E-state index in [1.807, 2.05) is 13.0 Å². The highest BCUT2D eigenvalue weighted by molar-refractivity contribution is 7.89. The zero-order valence-electron chi connectivity index (χ0n) is 15.5. The van der Waals surface area contributed by atoms with Crippen molar-refractivity contribution < 1.29 is 22.4 Å². The van der Waals surface area contributed by atoms with E-state index in [0.717, 1.165) is 5.56 Å². The maximum absolute atomic E-state index is 12.9. The molecule has 1 fully saturated rings. The third kappa shape index (κ3) is 3.13. The molecule has 0 bridgehead atoms. The van der Waals surface area contributed by atoms with Crippen molar-refractivity contribution in [1.29, 1.82) is 0 Å². The molecule has 1 amide bonds. The number of amides is 1. The Morgan fingerprint density at radius 3 is 2.46 bits per heavy atom. The Kier molecular flexibility index (Phi) is 5.09. The van der Waals surface area contributed by atoms with E-state index < -0.39 is 10.0 Å². The molecule has 1 N–H and O–H groups in total. The van der Waals surface area contributed by atoms with Gasteiger partial charge in [0.05, 0.1) is 13.2 Å². The predicted molar refractivity (Wildman–Crippen MR) is 98.0 cm³/mol. The number of nitrogens with zero attached hydrogens (tertiary/aromatic N) is 1. The SMILES string of the molecule is CCNS(=O)(=O)c1c(C)c(C)cc2c(C)c(C(=O)N3CCOCC3)oc12. The van der Waals surface area contributed by atoms with Gasteiger partial charge in [-0.05, 0) is 38.0 Å². The average molecular weight is 380 g/mol. The Morgan fingerprint density at radius 2 is 1.85 bits per heavy atom. The molecule has 26 heavy (non-hydrogen) atoms. The second kappa shape index (κ2) is 7.02. The first-order valence-corrected chi connectivity index (χ1v) is 10.2. The molecule has 8 heteroatoms. The molecule has 0 atom stereocenters. The lowest BCUT2D eigenvalue weighted by atomic mass is 10.0. The van der Waals surface area contributed by atoms with Crippen molar-refractivity contribution in [2.24, 2.45) is 0 Å². The average Bonchev–Trinajstić information content (AvgIpc) is 2.92. The largest absolute Gasteiger partial charge is 0.449 e. The summed E-state index contributed by atoms with van der Waals surface area (Å²) < 4.78 is 39.1. The molecule has 1 aromatic carbocycles. The quantitative estimate of drug-likeness (QED) is 0.878. The Balaban J connectivity index is 2.20. The summed E-state index contributed by atoms with van der Waals surface area (Å²) >= 11 is 0. The molecule has 2 aromatic rings. The van der Waals surface area contributed by atoms with Crippen molar-refractivity contribution in [2.75, 3.05) is 32.8 Å². The van der Waals surface area contributed by atoms with Crippen LogP contribution in [0.1, 0.15) is 34.2 Å². The van der Waals surface area contributed by atoms with Gasteiger partial charge in [-0.25, -0.2) is 13.1 Å². The van der Waals surface area contributed by atoms with Gasteiger partial charge in [-0.1, -0.05) is 6.92 Å². The molecule has 7 nitrogen and oxygen atoms in total. The maximum Gasteiger partial charge on any atom is 0.290 e. The van der Waals surface area contributed by atoms with Gasteiger partial charge in [-0.15, -0.1) is 0 Å². The minimum Gasteiger partial charge on any atom is -0.449 e. The molecule has 0 spiro atoms. The first-order chi connectivity index (χ1) is 12.3. The number of hydrogen-bond donors (Lipinski definition) is 1. The lowest BCUT2D eigenvalue weighted by Gasteiger charge is -2.26. The van der Waals surface area contributed by atoms with Crippen LogP contribution in [0, 0.1) is 20.8 Å². The molecule has 0 radical (unpaired) electrons. The number of sulfonamides is 1. The minimum atomic E-state index is -3.73. The highest BCUT2D eigenvalue weighted by atomic mass is 32.2. The first-order valence-electron chi connectivity index (χ1n) is 8.68. The van der Waals surface area contributed by atoms with Crippen LogP contribution in [0.5, 0.6) is 0 Å². The third-order valence-electron chi connectivity index (χ3n) is 4.79. The number of benzene rings is 1. The molecule has 1 aliphatic heterocycles. The second-order valence-corrected chi connectivity index (χ2v) is 8.19. The van der Waals surface area contributed by atoms with Gasteiger partial charge < -0.3 is 14.1 Å². The summed E-state index contributed by atoms with van der Waals surface area (Å²) in [5.41, 5.74) is 2.36. The van der Waals surface area contributed by atoms with Gasteiger partial charge in [0.2, 0.25) is 10.0 Å². The maximum atomic E-state index is 12.9. The standard InChI is InChI=1S/C18H24N2O5S/c1-5-19-26(22,23)17-12(3)11(2)10-14-13(4)15(25-16(14)17)18(21)20-6-8-24-9-7-20/h10,19H,5-9H2,1-4H3. The third-order valence-corrected chi connectivity index (χ3v) is 6.49. The lowest BCUT2D eigenvalue weighted by molar-refractivity contribution is 0.0283. The molecule has 1 saturated heterocycles. The summed E-state index contributed by atoms with van der Waals surface area (Å²) in [6, 6.07) is 1.88. The second-order valence-electron chi connectivity index (χ2n) is 6.49. The van der Waals surface area contributed by atoms with Gasteiger partial charge in [-0.2, -0.15) is 0 Å².